The molecule has 0 aliphatic rings. The molecule has 0 unspecified atom stereocenters. The van der Waals surface area contributed by atoms with Crippen LogP contribution in [0.4, 0.5) is 4.39 Å². The summed E-state index contributed by atoms with van der Waals surface area (Å²) >= 11 is 2.21. The number of hydrogen-bond donors (Lipinski definition) is 2. The molecule has 2 N–H and O–H groups in total. The van der Waals surface area contributed by atoms with Crippen LogP contribution in [0.15, 0.2) is 28.8 Å². The number of benzene rings is 1. The minimum absolute atomic E-state index is 0.0563. The highest BCUT2D eigenvalue weighted by molar-refractivity contribution is 14.1. The van der Waals surface area contributed by atoms with Crippen LogP contribution in [0, 0.1) is 23.2 Å². The van der Waals surface area contributed by atoms with E-state index < -0.39 is 17.6 Å². The van der Waals surface area contributed by atoms with Crippen molar-refractivity contribution in [1.82, 2.24) is 30.6 Å². The number of nitrogens with one attached hydrogen (secondary N) is 2. The molecule has 0 aliphatic heterocycles. The van der Waals surface area contributed by atoms with Crippen molar-refractivity contribution < 1.29 is 18.5 Å². The van der Waals surface area contributed by atoms with Crippen LogP contribution in [0.5, 0.6) is 0 Å². The van der Waals surface area contributed by atoms with E-state index in [2.05, 4.69) is 48.5 Å². The molecule has 1 aromatic carbocycles. The Bertz CT molecular complexity index is 1050. The van der Waals surface area contributed by atoms with E-state index in [1.54, 1.807) is 10.7 Å². The van der Waals surface area contributed by atoms with Crippen molar-refractivity contribution >= 4 is 34.4 Å². The van der Waals surface area contributed by atoms with Crippen LogP contribution in [0.3, 0.4) is 0 Å². The first kappa shape index (κ1) is 20.9. The summed E-state index contributed by atoms with van der Waals surface area (Å²) in [4.78, 5) is 28.1. The van der Waals surface area contributed by atoms with Crippen molar-refractivity contribution in [2.24, 2.45) is 0 Å². The van der Waals surface area contributed by atoms with E-state index >= 15 is 0 Å². The summed E-state index contributed by atoms with van der Waals surface area (Å²) in [6, 6.07) is 5.66. The largest absolute Gasteiger partial charge is 0.350 e. The number of halogens is 2. The van der Waals surface area contributed by atoms with Gasteiger partial charge in [0.25, 0.3) is 5.91 Å². The van der Waals surface area contributed by atoms with Gasteiger partial charge in [0.1, 0.15) is 12.4 Å². The highest BCUT2D eigenvalue weighted by Gasteiger charge is 2.17. The summed E-state index contributed by atoms with van der Waals surface area (Å²) in [7, 11) is 0. The zero-order chi connectivity index (χ0) is 21.0. The summed E-state index contributed by atoms with van der Waals surface area (Å²) in [5.41, 5.74) is 1.82. The second-order valence-corrected chi connectivity index (χ2v) is 7.23. The maximum atomic E-state index is 13.5. The highest BCUT2D eigenvalue weighted by atomic mass is 127. The van der Waals surface area contributed by atoms with Gasteiger partial charge < -0.3 is 15.2 Å². The second-order valence-electron chi connectivity index (χ2n) is 6.15. The number of nitrogens with zero attached hydrogens (tertiary/aromatic N) is 4. The van der Waals surface area contributed by atoms with Gasteiger partial charge in [0.05, 0.1) is 14.8 Å². The number of rotatable bonds is 7. The average molecular weight is 512 g/mol. The molecule has 0 bridgehead atoms. The molecule has 29 heavy (non-hydrogen) atoms. The number of carbonyl (C=O) groups is 2. The predicted octanol–water partition coefficient (Wildman–Crippen LogP) is 1.83. The monoisotopic (exact) mass is 512 g/mol. The number of hydrogen-bond acceptors (Lipinski definition) is 6. The lowest BCUT2D eigenvalue weighted by molar-refractivity contribution is 0.0897. The molecule has 152 valence electrons. The van der Waals surface area contributed by atoms with E-state index in [0.29, 0.717) is 5.82 Å². The molecular weight excluding hydrogens is 494 g/mol. The number of amides is 2. The maximum Gasteiger partial charge on any atom is 0.316 e. The third-order valence-corrected chi connectivity index (χ3v) is 5.62. The fourth-order valence-corrected chi connectivity index (χ4v) is 2.93. The van der Waals surface area contributed by atoms with Gasteiger partial charge >= 0.3 is 11.8 Å². The first-order chi connectivity index (χ1) is 13.9. The molecule has 0 atom stereocenters. The summed E-state index contributed by atoms with van der Waals surface area (Å²) < 4.78 is 21.3. The molecule has 2 amide bonds. The smallest absolute Gasteiger partial charge is 0.316 e. The van der Waals surface area contributed by atoms with Gasteiger partial charge in [-0.05, 0) is 48.6 Å². The predicted molar refractivity (Wildman–Crippen MR) is 109 cm³/mol. The highest BCUT2D eigenvalue weighted by Crippen LogP contribution is 2.16. The Hall–Kier alpha value is -2.83. The average Bonchev–Trinajstić information content (AvgIpc) is 3.26. The van der Waals surface area contributed by atoms with Crippen LogP contribution in [0.25, 0.3) is 0 Å². The van der Waals surface area contributed by atoms with Crippen LogP contribution in [0.1, 0.15) is 38.3 Å². The third kappa shape index (κ3) is 4.96. The topological polar surface area (TPSA) is 115 Å². The number of aryl methyl sites for hydroxylation is 1. The van der Waals surface area contributed by atoms with E-state index in [-0.39, 0.29) is 31.1 Å². The number of aromatic nitrogens is 4. The summed E-state index contributed by atoms with van der Waals surface area (Å²) in [5.74, 6) is -1.59. The van der Waals surface area contributed by atoms with Gasteiger partial charge in [-0.15, -0.1) is 0 Å². The first-order valence-electron chi connectivity index (χ1n) is 8.70. The summed E-state index contributed by atoms with van der Waals surface area (Å²) in [6.07, 6.45) is 0. The van der Waals surface area contributed by atoms with E-state index in [9.17, 15) is 14.0 Å². The Morgan fingerprint density at radius 2 is 1.86 bits per heavy atom. The Morgan fingerprint density at radius 3 is 2.52 bits per heavy atom. The summed E-state index contributed by atoms with van der Waals surface area (Å²) in [5, 5.41) is 13.3. The lowest BCUT2D eigenvalue weighted by atomic mass is 10.2. The van der Waals surface area contributed by atoms with Gasteiger partial charge in [-0.1, -0.05) is 17.3 Å². The van der Waals surface area contributed by atoms with Crippen LogP contribution in [-0.2, 0) is 6.54 Å². The van der Waals surface area contributed by atoms with E-state index in [4.69, 9.17) is 4.52 Å². The Balaban J connectivity index is 1.48. The Kier molecular flexibility index (Phi) is 6.56. The number of carbonyl (C=O) groups excluding carboxylic acids is 2. The molecule has 0 fully saturated rings. The molecule has 2 heterocycles. The quantitative estimate of drug-likeness (QED) is 0.369. The molecule has 3 rings (SSSR count). The summed E-state index contributed by atoms with van der Waals surface area (Å²) in [6.45, 7) is 4.36. The third-order valence-electron chi connectivity index (χ3n) is 4.06. The molecule has 0 saturated heterocycles. The molecule has 0 radical (unpaired) electrons. The standard InChI is InChI=1S/C18H18FIN6O3/c1-10-15(20)11(2)26(24-10)9-14-23-18(29-25-14)17(28)22-8-7-21-16(27)12-5-3-4-6-13(12)19/h3-6H,7-9H2,1-2H3,(H,21,27)(H,22,28). The zero-order valence-corrected chi connectivity index (χ0v) is 17.9. The zero-order valence-electron chi connectivity index (χ0n) is 15.7. The minimum atomic E-state index is -0.607. The molecule has 3 aromatic rings. The Morgan fingerprint density at radius 1 is 1.17 bits per heavy atom. The molecule has 9 nitrogen and oxygen atoms in total. The second kappa shape index (κ2) is 9.11. The van der Waals surface area contributed by atoms with Gasteiger partial charge in [0.15, 0.2) is 5.82 Å². The molecule has 2 aromatic heterocycles. The molecule has 11 heteroatoms. The van der Waals surface area contributed by atoms with Gasteiger partial charge in [0.2, 0.25) is 0 Å². The van der Waals surface area contributed by atoms with Crippen LogP contribution in [-0.4, -0.2) is 44.8 Å². The molecular formula is C18H18FIN6O3. The van der Waals surface area contributed by atoms with Crippen molar-refractivity contribution in [3.63, 3.8) is 0 Å². The lowest BCUT2D eigenvalue weighted by Crippen LogP contribution is -2.35. The van der Waals surface area contributed by atoms with Gasteiger partial charge in [-0.25, -0.2) is 4.39 Å². The molecule has 0 saturated carbocycles. The van der Waals surface area contributed by atoms with Gasteiger partial charge in [0, 0.05) is 18.8 Å². The fraction of sp³-hybridized carbons (Fsp3) is 0.278. The Labute approximate surface area is 179 Å². The van der Waals surface area contributed by atoms with Crippen LogP contribution in [0.2, 0.25) is 0 Å². The minimum Gasteiger partial charge on any atom is -0.350 e. The SMILES string of the molecule is Cc1nn(Cc2noc(C(=O)NCCNC(=O)c3ccccc3F)n2)c(C)c1I. The van der Waals surface area contributed by atoms with Crippen molar-refractivity contribution in [3.8, 4) is 0 Å². The van der Waals surface area contributed by atoms with E-state index in [1.807, 2.05) is 13.8 Å². The molecule has 0 aliphatic carbocycles. The van der Waals surface area contributed by atoms with Gasteiger partial charge in [-0.2, -0.15) is 10.1 Å². The lowest BCUT2D eigenvalue weighted by Gasteiger charge is -2.06. The maximum absolute atomic E-state index is 13.5. The van der Waals surface area contributed by atoms with E-state index in [1.165, 1.54) is 18.2 Å². The normalized spacial score (nSPS) is 10.8. The van der Waals surface area contributed by atoms with Crippen LogP contribution >= 0.6 is 22.6 Å². The van der Waals surface area contributed by atoms with Crippen LogP contribution < -0.4 is 10.6 Å². The van der Waals surface area contributed by atoms with E-state index in [0.717, 1.165) is 15.0 Å². The van der Waals surface area contributed by atoms with Crippen molar-refractivity contribution in [3.05, 3.63) is 62.3 Å². The van der Waals surface area contributed by atoms with Crippen molar-refractivity contribution in [2.45, 2.75) is 20.4 Å². The van der Waals surface area contributed by atoms with Gasteiger partial charge in [-0.3, -0.25) is 14.3 Å². The molecule has 0 spiro atoms. The van der Waals surface area contributed by atoms with Crippen molar-refractivity contribution in [2.75, 3.05) is 13.1 Å². The first-order valence-corrected chi connectivity index (χ1v) is 9.77. The van der Waals surface area contributed by atoms with Crippen molar-refractivity contribution in [1.29, 1.82) is 0 Å². The fourth-order valence-electron chi connectivity index (χ4n) is 2.54.